The first-order valence-corrected chi connectivity index (χ1v) is 9.66. The van der Waals surface area contributed by atoms with Crippen LogP contribution < -0.4 is 9.47 Å². The van der Waals surface area contributed by atoms with E-state index in [9.17, 15) is 4.79 Å². The Bertz CT molecular complexity index is 1100. The van der Waals surface area contributed by atoms with Crippen molar-refractivity contribution in [1.82, 2.24) is 9.88 Å². The van der Waals surface area contributed by atoms with Gasteiger partial charge in [0.25, 0.3) is 5.91 Å². The number of nitriles is 1. The number of methoxy groups -OCH3 is 1. The molecule has 0 aliphatic carbocycles. The number of hydrogen-bond donors (Lipinski definition) is 1. The zero-order chi connectivity index (χ0) is 19.7. The Hall–Kier alpha value is -2.98. The van der Waals surface area contributed by atoms with Crippen LogP contribution in [0.25, 0.3) is 10.9 Å². The molecule has 0 saturated heterocycles. The maximum atomic E-state index is 12.7. The highest BCUT2D eigenvalue weighted by Crippen LogP contribution is 2.32. The van der Waals surface area contributed by atoms with E-state index in [1.807, 2.05) is 17.0 Å². The van der Waals surface area contributed by atoms with Crippen molar-refractivity contribution < 1.29 is 14.3 Å². The van der Waals surface area contributed by atoms with Gasteiger partial charge in [0, 0.05) is 46.7 Å². The molecule has 4 rings (SSSR count). The van der Waals surface area contributed by atoms with Crippen LogP contribution >= 0.6 is 15.9 Å². The number of aromatic nitrogens is 1. The molecule has 6 nitrogen and oxygen atoms in total. The number of amides is 1. The molecule has 7 heteroatoms. The summed E-state index contributed by atoms with van der Waals surface area (Å²) in [5.74, 6) is 0.805. The number of aromatic amines is 1. The predicted octanol–water partition coefficient (Wildman–Crippen LogP) is 3.77. The number of rotatable bonds is 4. The molecule has 0 radical (unpaired) electrons. The molecule has 1 amide bonds. The van der Waals surface area contributed by atoms with Gasteiger partial charge in [-0.15, -0.1) is 0 Å². The van der Waals surface area contributed by atoms with Gasteiger partial charge >= 0.3 is 0 Å². The molecule has 142 valence electrons. The van der Waals surface area contributed by atoms with Crippen molar-refractivity contribution in [2.24, 2.45) is 0 Å². The number of carbonyl (C=O) groups excluding carboxylic acids is 1. The van der Waals surface area contributed by atoms with Gasteiger partial charge in [0.1, 0.15) is 0 Å². The summed E-state index contributed by atoms with van der Waals surface area (Å²) in [7, 11) is 1.51. The third kappa shape index (κ3) is 3.32. The topological polar surface area (TPSA) is 78.3 Å². The summed E-state index contributed by atoms with van der Waals surface area (Å²) < 4.78 is 12.0. The molecule has 2 heterocycles. The molecular formula is C21H18BrN3O3. The summed E-state index contributed by atoms with van der Waals surface area (Å²) in [5.41, 5.74) is 3.89. The number of para-hydroxylation sites is 1. The predicted molar refractivity (Wildman–Crippen MR) is 108 cm³/mol. The van der Waals surface area contributed by atoms with E-state index in [0.717, 1.165) is 27.4 Å². The van der Waals surface area contributed by atoms with Crippen molar-refractivity contribution in [1.29, 1.82) is 5.26 Å². The molecule has 0 fully saturated rings. The number of nitrogens with zero attached hydrogens (tertiary/aromatic N) is 2. The highest BCUT2D eigenvalue weighted by molar-refractivity contribution is 9.10. The lowest BCUT2D eigenvalue weighted by atomic mass is 10.0. The minimum atomic E-state index is -0.0820. The van der Waals surface area contributed by atoms with Gasteiger partial charge < -0.3 is 19.4 Å². The fourth-order valence-corrected chi connectivity index (χ4v) is 3.97. The molecule has 3 aromatic rings. The molecule has 0 bridgehead atoms. The van der Waals surface area contributed by atoms with Gasteiger partial charge in [0.05, 0.1) is 24.3 Å². The minimum absolute atomic E-state index is 0.0797. The van der Waals surface area contributed by atoms with Crippen LogP contribution in [-0.2, 0) is 17.8 Å². The van der Waals surface area contributed by atoms with Crippen LogP contribution in [0.2, 0.25) is 0 Å². The lowest BCUT2D eigenvalue weighted by Gasteiger charge is -2.27. The highest BCUT2D eigenvalue weighted by Gasteiger charge is 2.25. The van der Waals surface area contributed by atoms with Gasteiger partial charge in [0.2, 0.25) is 0 Å². The lowest BCUT2D eigenvalue weighted by Crippen LogP contribution is -2.38. The van der Waals surface area contributed by atoms with Gasteiger partial charge in [0.15, 0.2) is 18.1 Å². The van der Waals surface area contributed by atoms with E-state index in [4.69, 9.17) is 14.7 Å². The number of fused-ring (bicyclic) bond motifs is 3. The zero-order valence-corrected chi connectivity index (χ0v) is 16.9. The molecule has 1 N–H and O–H groups in total. The van der Waals surface area contributed by atoms with Crippen LogP contribution in [0.4, 0.5) is 0 Å². The number of benzene rings is 2. The minimum Gasteiger partial charge on any atom is -0.493 e. The Balaban J connectivity index is 1.48. The van der Waals surface area contributed by atoms with Crippen molar-refractivity contribution in [3.05, 3.63) is 57.7 Å². The third-order valence-corrected chi connectivity index (χ3v) is 5.62. The van der Waals surface area contributed by atoms with E-state index in [-0.39, 0.29) is 12.5 Å². The zero-order valence-electron chi connectivity index (χ0n) is 15.3. The third-order valence-electron chi connectivity index (χ3n) is 4.96. The summed E-state index contributed by atoms with van der Waals surface area (Å²) in [6.45, 7) is 1.12. The molecule has 0 saturated carbocycles. The smallest absolute Gasteiger partial charge is 0.260 e. The van der Waals surface area contributed by atoms with E-state index < -0.39 is 0 Å². The first-order valence-electron chi connectivity index (χ1n) is 8.87. The molecule has 0 spiro atoms. The van der Waals surface area contributed by atoms with Gasteiger partial charge in [-0.05, 0) is 34.1 Å². The number of nitrogens with one attached hydrogen (secondary N) is 1. The fraction of sp³-hybridized carbons (Fsp3) is 0.238. The van der Waals surface area contributed by atoms with Crippen LogP contribution in [-0.4, -0.2) is 36.1 Å². The average molecular weight is 440 g/mol. The first kappa shape index (κ1) is 18.4. The van der Waals surface area contributed by atoms with E-state index in [0.29, 0.717) is 30.2 Å². The van der Waals surface area contributed by atoms with Crippen LogP contribution in [0.15, 0.2) is 40.9 Å². The molecule has 1 aliphatic heterocycles. The summed E-state index contributed by atoms with van der Waals surface area (Å²) in [6, 6.07) is 13.0. The molecule has 2 aromatic carbocycles. The lowest BCUT2D eigenvalue weighted by molar-refractivity contribution is -0.134. The summed E-state index contributed by atoms with van der Waals surface area (Å²) >= 11 is 3.58. The number of carbonyl (C=O) groups is 1. The number of ether oxygens (including phenoxy) is 2. The molecule has 1 aromatic heterocycles. The largest absolute Gasteiger partial charge is 0.493 e. The molecule has 0 atom stereocenters. The fourth-order valence-electron chi connectivity index (χ4n) is 3.50. The van der Waals surface area contributed by atoms with Crippen molar-refractivity contribution in [2.75, 3.05) is 20.3 Å². The Kier molecular flexibility index (Phi) is 4.97. The second-order valence-electron chi connectivity index (χ2n) is 6.58. The van der Waals surface area contributed by atoms with Crippen molar-refractivity contribution >= 4 is 32.7 Å². The molecule has 28 heavy (non-hydrogen) atoms. The second-order valence-corrected chi connectivity index (χ2v) is 7.43. The maximum Gasteiger partial charge on any atom is 0.260 e. The second kappa shape index (κ2) is 7.56. The van der Waals surface area contributed by atoms with E-state index in [1.165, 1.54) is 12.8 Å². The van der Waals surface area contributed by atoms with Crippen molar-refractivity contribution in [3.8, 4) is 17.6 Å². The van der Waals surface area contributed by atoms with E-state index in [2.05, 4.69) is 33.0 Å². The molecule has 1 aliphatic rings. The Morgan fingerprint density at radius 3 is 2.96 bits per heavy atom. The SMILES string of the molecule is COc1cc(C#N)ccc1OCC(=O)N1CCc2[nH]c3c(Br)cccc3c2C1. The average Bonchev–Trinajstić information content (AvgIpc) is 3.11. The number of halogens is 1. The van der Waals surface area contributed by atoms with Crippen LogP contribution in [0.5, 0.6) is 11.5 Å². The van der Waals surface area contributed by atoms with Crippen molar-refractivity contribution in [3.63, 3.8) is 0 Å². The van der Waals surface area contributed by atoms with Crippen LogP contribution in [0, 0.1) is 11.3 Å². The number of H-pyrrole nitrogens is 1. The summed E-state index contributed by atoms with van der Waals surface area (Å²) in [5, 5.41) is 10.1. The quantitative estimate of drug-likeness (QED) is 0.670. The summed E-state index contributed by atoms with van der Waals surface area (Å²) in [6.07, 6.45) is 0.780. The number of hydrogen-bond acceptors (Lipinski definition) is 4. The van der Waals surface area contributed by atoms with Crippen LogP contribution in [0.1, 0.15) is 16.8 Å². The standard InChI is InChI=1S/C21H18BrN3O3/c1-27-19-9-13(10-23)5-6-18(19)28-12-20(26)25-8-7-17-15(11-25)14-3-2-4-16(22)21(14)24-17/h2-6,9,24H,7-8,11-12H2,1H3. The van der Waals surface area contributed by atoms with Gasteiger partial charge in [-0.1, -0.05) is 12.1 Å². The normalized spacial score (nSPS) is 13.1. The van der Waals surface area contributed by atoms with Gasteiger partial charge in [-0.2, -0.15) is 5.26 Å². The van der Waals surface area contributed by atoms with Crippen molar-refractivity contribution in [2.45, 2.75) is 13.0 Å². The highest BCUT2D eigenvalue weighted by atomic mass is 79.9. The van der Waals surface area contributed by atoms with Gasteiger partial charge in [-0.3, -0.25) is 4.79 Å². The Morgan fingerprint density at radius 2 is 2.18 bits per heavy atom. The van der Waals surface area contributed by atoms with E-state index in [1.54, 1.807) is 18.2 Å². The molecular weight excluding hydrogens is 422 g/mol. The Labute approximate surface area is 170 Å². The van der Waals surface area contributed by atoms with E-state index >= 15 is 0 Å². The van der Waals surface area contributed by atoms with Crippen LogP contribution in [0.3, 0.4) is 0 Å². The van der Waals surface area contributed by atoms with Gasteiger partial charge in [-0.25, -0.2) is 0 Å². The summed E-state index contributed by atoms with van der Waals surface area (Å²) in [4.78, 5) is 18.0. The monoisotopic (exact) mass is 439 g/mol. The first-order chi connectivity index (χ1) is 13.6. The maximum absolute atomic E-state index is 12.7. The Morgan fingerprint density at radius 1 is 1.32 bits per heavy atom. The molecule has 0 unspecified atom stereocenters.